The van der Waals surface area contributed by atoms with Crippen LogP contribution in [0.1, 0.15) is 28.8 Å². The van der Waals surface area contributed by atoms with Crippen LogP contribution in [0.25, 0.3) is 0 Å². The largest absolute Gasteiger partial charge is 0.366 e. The zero-order valence-electron chi connectivity index (χ0n) is 9.78. The normalized spacial score (nSPS) is 23.9. The zero-order chi connectivity index (χ0) is 12.4. The molecule has 1 aromatic rings. The minimum absolute atomic E-state index is 0.0724. The minimum Gasteiger partial charge on any atom is -0.366 e. The highest BCUT2D eigenvalue weighted by Crippen LogP contribution is 2.23. The number of hydrogen-bond donors (Lipinski definition) is 1. The van der Waals surface area contributed by atoms with E-state index in [9.17, 15) is 9.18 Å². The lowest BCUT2D eigenvalue weighted by atomic mass is 10.0. The summed E-state index contributed by atoms with van der Waals surface area (Å²) < 4.78 is 19.0. The Kier molecular flexibility index (Phi) is 3.54. The van der Waals surface area contributed by atoms with Crippen LogP contribution in [0, 0.1) is 12.7 Å². The summed E-state index contributed by atoms with van der Waals surface area (Å²) in [5, 5.41) is 0. The van der Waals surface area contributed by atoms with Crippen molar-refractivity contribution in [3.63, 3.8) is 0 Å². The summed E-state index contributed by atoms with van der Waals surface area (Å²) in [6, 6.07) is 4.53. The average Bonchev–Trinajstić information content (AvgIpc) is 2.80. The van der Waals surface area contributed by atoms with Crippen molar-refractivity contribution in [2.45, 2.75) is 32.0 Å². The first-order chi connectivity index (χ1) is 8.11. The molecule has 0 radical (unpaired) electrons. The third-order valence-electron chi connectivity index (χ3n) is 3.05. The molecule has 4 heteroatoms. The quantitative estimate of drug-likeness (QED) is 0.816. The molecule has 1 heterocycles. The Morgan fingerprint density at radius 2 is 2.29 bits per heavy atom. The average molecular weight is 237 g/mol. The molecule has 1 fully saturated rings. The molecule has 92 valence electrons. The van der Waals surface area contributed by atoms with Gasteiger partial charge in [-0.2, -0.15) is 0 Å². The molecule has 0 aromatic heterocycles. The molecule has 1 aromatic carbocycles. The molecule has 2 N–H and O–H groups in total. The van der Waals surface area contributed by atoms with Crippen LogP contribution in [0.4, 0.5) is 4.39 Å². The predicted molar refractivity (Wildman–Crippen MR) is 62.4 cm³/mol. The number of halogens is 1. The fraction of sp³-hybridized carbons (Fsp3) is 0.462. The van der Waals surface area contributed by atoms with E-state index in [-0.39, 0.29) is 17.5 Å². The van der Waals surface area contributed by atoms with Crippen molar-refractivity contribution in [1.82, 2.24) is 0 Å². The van der Waals surface area contributed by atoms with Crippen molar-refractivity contribution >= 4 is 5.78 Å². The van der Waals surface area contributed by atoms with Gasteiger partial charge in [-0.3, -0.25) is 4.79 Å². The van der Waals surface area contributed by atoms with E-state index in [2.05, 4.69) is 0 Å². The second-order valence-corrected chi connectivity index (χ2v) is 4.41. The van der Waals surface area contributed by atoms with E-state index in [0.717, 1.165) is 12.0 Å². The predicted octanol–water partition coefficient (Wildman–Crippen LogP) is 1.82. The molecule has 2 unspecified atom stereocenters. The number of nitrogens with two attached hydrogens (primary N) is 1. The Labute approximate surface area is 99.8 Å². The van der Waals surface area contributed by atoms with Crippen molar-refractivity contribution in [1.29, 1.82) is 0 Å². The number of aryl methyl sites for hydroxylation is 1. The van der Waals surface area contributed by atoms with Gasteiger partial charge in [-0.25, -0.2) is 4.39 Å². The summed E-state index contributed by atoms with van der Waals surface area (Å²) in [6.45, 7) is 2.23. The van der Waals surface area contributed by atoms with Crippen LogP contribution in [0.2, 0.25) is 0 Å². The van der Waals surface area contributed by atoms with E-state index in [1.165, 1.54) is 6.07 Å². The molecule has 2 rings (SSSR count). The van der Waals surface area contributed by atoms with Gasteiger partial charge < -0.3 is 10.5 Å². The lowest BCUT2D eigenvalue weighted by Crippen LogP contribution is -2.25. The van der Waals surface area contributed by atoms with Gasteiger partial charge in [0, 0.05) is 6.54 Å². The van der Waals surface area contributed by atoms with Gasteiger partial charge in [0.15, 0.2) is 5.78 Å². The molecule has 3 nitrogen and oxygen atoms in total. The van der Waals surface area contributed by atoms with Gasteiger partial charge in [-0.05, 0) is 31.9 Å². The number of carbonyl (C=O) groups is 1. The highest BCUT2D eigenvalue weighted by Gasteiger charge is 2.31. The summed E-state index contributed by atoms with van der Waals surface area (Å²) in [4.78, 5) is 12.1. The molecule has 0 bridgehead atoms. The third kappa shape index (κ3) is 2.53. The molecular weight excluding hydrogens is 221 g/mol. The van der Waals surface area contributed by atoms with Crippen LogP contribution in [-0.2, 0) is 4.74 Å². The van der Waals surface area contributed by atoms with Crippen molar-refractivity contribution in [3.8, 4) is 0 Å². The van der Waals surface area contributed by atoms with Crippen molar-refractivity contribution in [2.75, 3.05) is 6.54 Å². The maximum absolute atomic E-state index is 13.6. The van der Waals surface area contributed by atoms with Crippen LogP contribution in [0.5, 0.6) is 0 Å². The van der Waals surface area contributed by atoms with Crippen LogP contribution in [-0.4, -0.2) is 24.5 Å². The maximum atomic E-state index is 13.6. The van der Waals surface area contributed by atoms with Crippen molar-refractivity contribution in [3.05, 3.63) is 35.1 Å². The summed E-state index contributed by atoms with van der Waals surface area (Å²) in [5.41, 5.74) is 6.46. The first kappa shape index (κ1) is 12.2. The van der Waals surface area contributed by atoms with Gasteiger partial charge in [-0.15, -0.1) is 0 Å². The van der Waals surface area contributed by atoms with Gasteiger partial charge >= 0.3 is 0 Å². The topological polar surface area (TPSA) is 52.3 Å². The van der Waals surface area contributed by atoms with Gasteiger partial charge in [0.2, 0.25) is 0 Å². The lowest BCUT2D eigenvalue weighted by molar-refractivity contribution is 0.0401. The second kappa shape index (κ2) is 4.94. The molecule has 1 aliphatic rings. The summed E-state index contributed by atoms with van der Waals surface area (Å²) >= 11 is 0. The van der Waals surface area contributed by atoms with Gasteiger partial charge in [0.25, 0.3) is 0 Å². The number of ketones is 1. The smallest absolute Gasteiger partial charge is 0.194 e. The maximum Gasteiger partial charge on any atom is 0.194 e. The van der Waals surface area contributed by atoms with E-state index in [1.54, 1.807) is 12.1 Å². The molecule has 2 atom stereocenters. The van der Waals surface area contributed by atoms with E-state index < -0.39 is 11.9 Å². The minimum atomic E-state index is -0.542. The van der Waals surface area contributed by atoms with Crippen molar-refractivity contribution < 1.29 is 13.9 Å². The standard InChI is InChI=1S/C13H16FNO2/c1-8-2-4-11(14)10(6-8)13(16)12-5-3-9(7-15)17-12/h2,4,6,9,12H,3,5,7,15H2,1H3. The van der Waals surface area contributed by atoms with Crippen molar-refractivity contribution in [2.24, 2.45) is 5.73 Å². The summed E-state index contributed by atoms with van der Waals surface area (Å²) in [6.07, 6.45) is 0.769. The number of Topliss-reactive ketones (excluding diaryl/α,β-unsaturated/α-hetero) is 1. The lowest BCUT2D eigenvalue weighted by Gasteiger charge is -2.12. The monoisotopic (exact) mass is 237 g/mol. The highest BCUT2D eigenvalue weighted by atomic mass is 19.1. The van der Waals surface area contributed by atoms with E-state index in [1.807, 2.05) is 6.92 Å². The molecular formula is C13H16FNO2. The Morgan fingerprint density at radius 1 is 1.53 bits per heavy atom. The van der Waals surface area contributed by atoms with E-state index in [4.69, 9.17) is 10.5 Å². The number of hydrogen-bond acceptors (Lipinski definition) is 3. The fourth-order valence-electron chi connectivity index (χ4n) is 2.07. The number of benzene rings is 1. The second-order valence-electron chi connectivity index (χ2n) is 4.41. The summed E-state index contributed by atoms with van der Waals surface area (Å²) in [5.74, 6) is -0.762. The Hall–Kier alpha value is -1.26. The first-order valence-electron chi connectivity index (χ1n) is 5.77. The molecule has 1 aliphatic heterocycles. The van der Waals surface area contributed by atoms with Crippen LogP contribution in [0.15, 0.2) is 18.2 Å². The number of rotatable bonds is 3. The zero-order valence-corrected chi connectivity index (χ0v) is 9.78. The molecule has 0 saturated carbocycles. The summed E-state index contributed by atoms with van der Waals surface area (Å²) in [7, 11) is 0. The molecule has 0 amide bonds. The van der Waals surface area contributed by atoms with Crippen LogP contribution in [0.3, 0.4) is 0 Å². The Bertz CT molecular complexity index is 433. The van der Waals surface area contributed by atoms with Gasteiger partial charge in [-0.1, -0.05) is 11.6 Å². The number of carbonyl (C=O) groups excluding carboxylic acids is 1. The molecule has 17 heavy (non-hydrogen) atoms. The number of ether oxygens (including phenoxy) is 1. The molecule has 1 saturated heterocycles. The van der Waals surface area contributed by atoms with E-state index >= 15 is 0 Å². The Balaban J connectivity index is 2.17. The molecule has 0 aliphatic carbocycles. The first-order valence-corrected chi connectivity index (χ1v) is 5.77. The Morgan fingerprint density at radius 3 is 2.94 bits per heavy atom. The van der Waals surface area contributed by atoms with Crippen LogP contribution < -0.4 is 5.73 Å². The SMILES string of the molecule is Cc1ccc(F)c(C(=O)C2CCC(CN)O2)c1. The van der Waals surface area contributed by atoms with Gasteiger partial charge in [0.05, 0.1) is 11.7 Å². The molecule has 0 spiro atoms. The van der Waals surface area contributed by atoms with E-state index in [0.29, 0.717) is 13.0 Å². The highest BCUT2D eigenvalue weighted by molar-refractivity contribution is 6.00. The van der Waals surface area contributed by atoms with Crippen LogP contribution >= 0.6 is 0 Å². The third-order valence-corrected chi connectivity index (χ3v) is 3.05. The fourth-order valence-corrected chi connectivity index (χ4v) is 2.07. The van der Waals surface area contributed by atoms with Gasteiger partial charge in [0.1, 0.15) is 11.9 Å².